The quantitative estimate of drug-likeness (QED) is 0.510. The van der Waals surface area contributed by atoms with E-state index in [1.54, 1.807) is 0 Å². The van der Waals surface area contributed by atoms with Gasteiger partial charge in [-0.1, -0.05) is 0 Å². The largest absolute Gasteiger partial charge is 0.418 e. The molecule has 1 aromatic carbocycles. The Hall–Kier alpha value is -2.61. The summed E-state index contributed by atoms with van der Waals surface area (Å²) in [6.45, 7) is 0.975. The molecule has 0 saturated carbocycles. The molecule has 4 nitrogen and oxygen atoms in total. The third-order valence-electron chi connectivity index (χ3n) is 2.18. The fraction of sp³-hybridized carbons (Fsp3) is 0.182. The fourth-order valence-corrected chi connectivity index (χ4v) is 1.34. The van der Waals surface area contributed by atoms with Gasteiger partial charge in [0.15, 0.2) is 0 Å². The van der Waals surface area contributed by atoms with E-state index < -0.39 is 34.5 Å². The smallest absolute Gasteiger partial charge is 0.276 e. The van der Waals surface area contributed by atoms with Crippen LogP contribution in [0.25, 0.3) is 0 Å². The Labute approximate surface area is 105 Å². The van der Waals surface area contributed by atoms with Crippen molar-refractivity contribution in [3.63, 3.8) is 0 Å². The standard InChI is InChI=1S/C11H6F4N4/c1-6-8(12)2-3-9(10(6)11(13,14)15)19-18-7(4-16)5-17/h2-3,19H,1H3. The van der Waals surface area contributed by atoms with E-state index in [0.29, 0.717) is 0 Å². The van der Waals surface area contributed by atoms with E-state index in [4.69, 9.17) is 10.5 Å². The number of benzene rings is 1. The Morgan fingerprint density at radius 2 is 1.84 bits per heavy atom. The van der Waals surface area contributed by atoms with Crippen LogP contribution in [-0.4, -0.2) is 5.71 Å². The average Bonchev–Trinajstić information content (AvgIpc) is 2.33. The molecule has 98 valence electrons. The van der Waals surface area contributed by atoms with Gasteiger partial charge in [-0.05, 0) is 24.6 Å². The average molecular weight is 270 g/mol. The summed E-state index contributed by atoms with van der Waals surface area (Å²) in [5.41, 5.74) is -1.05. The van der Waals surface area contributed by atoms with Crippen LogP contribution < -0.4 is 5.43 Å². The molecule has 0 unspecified atom stereocenters. The first-order valence-electron chi connectivity index (χ1n) is 4.81. The lowest BCUT2D eigenvalue weighted by Gasteiger charge is -2.15. The van der Waals surface area contributed by atoms with Crippen LogP contribution >= 0.6 is 0 Å². The molecular formula is C11H6F4N4. The van der Waals surface area contributed by atoms with E-state index in [2.05, 4.69) is 5.10 Å². The Kier molecular flexibility index (Phi) is 4.07. The molecule has 0 saturated heterocycles. The third-order valence-corrected chi connectivity index (χ3v) is 2.18. The second kappa shape index (κ2) is 5.36. The van der Waals surface area contributed by atoms with Crippen molar-refractivity contribution in [3.8, 4) is 12.1 Å². The highest BCUT2D eigenvalue weighted by Gasteiger charge is 2.36. The van der Waals surface area contributed by atoms with Gasteiger partial charge in [-0.3, -0.25) is 5.43 Å². The zero-order chi connectivity index (χ0) is 14.6. The van der Waals surface area contributed by atoms with Crippen molar-refractivity contribution in [3.05, 3.63) is 29.1 Å². The molecule has 0 heterocycles. The van der Waals surface area contributed by atoms with Gasteiger partial charge in [-0.2, -0.15) is 28.8 Å². The SMILES string of the molecule is Cc1c(F)ccc(NN=C(C#N)C#N)c1C(F)(F)F. The highest BCUT2D eigenvalue weighted by atomic mass is 19.4. The first kappa shape index (κ1) is 14.5. The first-order chi connectivity index (χ1) is 8.81. The summed E-state index contributed by atoms with van der Waals surface area (Å²) in [7, 11) is 0. The number of rotatable bonds is 2. The van der Waals surface area contributed by atoms with E-state index in [1.165, 1.54) is 12.1 Å². The number of nitrogens with zero attached hydrogens (tertiary/aromatic N) is 3. The van der Waals surface area contributed by atoms with Crippen molar-refractivity contribution in [2.75, 3.05) is 5.43 Å². The molecule has 0 aliphatic rings. The first-order valence-corrected chi connectivity index (χ1v) is 4.81. The lowest BCUT2D eigenvalue weighted by Crippen LogP contribution is -2.12. The summed E-state index contributed by atoms with van der Waals surface area (Å²) in [6, 6.07) is 4.42. The van der Waals surface area contributed by atoms with Crippen molar-refractivity contribution in [2.45, 2.75) is 13.1 Å². The van der Waals surface area contributed by atoms with Crippen LogP contribution in [0.15, 0.2) is 17.2 Å². The zero-order valence-electron chi connectivity index (χ0n) is 9.51. The maximum atomic E-state index is 13.2. The molecule has 0 spiro atoms. The summed E-state index contributed by atoms with van der Waals surface area (Å²) in [5, 5.41) is 20.0. The Morgan fingerprint density at radius 1 is 1.26 bits per heavy atom. The second-order valence-electron chi connectivity index (χ2n) is 3.39. The number of hydrogen-bond donors (Lipinski definition) is 1. The molecule has 0 aliphatic carbocycles. The molecule has 0 bridgehead atoms. The summed E-state index contributed by atoms with van der Waals surface area (Å²) in [4.78, 5) is 0. The Morgan fingerprint density at radius 3 is 2.32 bits per heavy atom. The molecular weight excluding hydrogens is 264 g/mol. The van der Waals surface area contributed by atoms with Crippen molar-refractivity contribution in [1.82, 2.24) is 0 Å². The number of nitrogens with one attached hydrogen (secondary N) is 1. The van der Waals surface area contributed by atoms with Crippen LogP contribution in [0.2, 0.25) is 0 Å². The van der Waals surface area contributed by atoms with Crippen LogP contribution in [0.4, 0.5) is 23.2 Å². The van der Waals surface area contributed by atoms with Crippen molar-refractivity contribution in [2.24, 2.45) is 5.10 Å². The van der Waals surface area contributed by atoms with Gasteiger partial charge < -0.3 is 0 Å². The van der Waals surface area contributed by atoms with Crippen LogP contribution in [0.3, 0.4) is 0 Å². The number of halogens is 4. The number of anilines is 1. The van der Waals surface area contributed by atoms with E-state index in [9.17, 15) is 17.6 Å². The topological polar surface area (TPSA) is 72.0 Å². The third kappa shape index (κ3) is 3.19. The van der Waals surface area contributed by atoms with Crippen molar-refractivity contribution >= 4 is 11.4 Å². The minimum Gasteiger partial charge on any atom is -0.276 e. The molecule has 8 heteroatoms. The van der Waals surface area contributed by atoms with Gasteiger partial charge in [0.1, 0.15) is 18.0 Å². The van der Waals surface area contributed by atoms with E-state index >= 15 is 0 Å². The van der Waals surface area contributed by atoms with Crippen LogP contribution in [0.5, 0.6) is 0 Å². The minimum absolute atomic E-state index is 0.533. The highest BCUT2D eigenvalue weighted by molar-refractivity contribution is 6.10. The molecule has 0 aliphatic heterocycles. The lowest BCUT2D eigenvalue weighted by atomic mass is 10.1. The Bertz CT molecular complexity index is 589. The van der Waals surface area contributed by atoms with Gasteiger partial charge in [-0.15, -0.1) is 0 Å². The molecule has 1 aromatic rings. The molecule has 0 radical (unpaired) electrons. The zero-order valence-corrected chi connectivity index (χ0v) is 9.51. The van der Waals surface area contributed by atoms with Gasteiger partial charge in [0.2, 0.25) is 5.71 Å². The van der Waals surface area contributed by atoms with E-state index in [-0.39, 0.29) is 0 Å². The van der Waals surface area contributed by atoms with Gasteiger partial charge in [0.05, 0.1) is 11.3 Å². The maximum absolute atomic E-state index is 13.2. The molecule has 0 amide bonds. The van der Waals surface area contributed by atoms with Crippen LogP contribution in [0.1, 0.15) is 11.1 Å². The van der Waals surface area contributed by atoms with Gasteiger partial charge >= 0.3 is 6.18 Å². The lowest BCUT2D eigenvalue weighted by molar-refractivity contribution is -0.137. The van der Waals surface area contributed by atoms with Gasteiger partial charge in [0, 0.05) is 0 Å². The van der Waals surface area contributed by atoms with E-state index in [1.807, 2.05) is 5.43 Å². The summed E-state index contributed by atoms with van der Waals surface area (Å²) < 4.78 is 51.5. The van der Waals surface area contributed by atoms with Crippen LogP contribution in [0, 0.1) is 35.4 Å². The van der Waals surface area contributed by atoms with E-state index in [0.717, 1.165) is 19.1 Å². The molecule has 1 rings (SSSR count). The molecule has 0 aromatic heterocycles. The summed E-state index contributed by atoms with van der Waals surface area (Å²) in [5.74, 6) is -1.01. The predicted octanol–water partition coefficient (Wildman–Crippen LogP) is 2.97. The van der Waals surface area contributed by atoms with Crippen molar-refractivity contribution in [1.29, 1.82) is 10.5 Å². The normalized spacial score (nSPS) is 10.3. The van der Waals surface area contributed by atoms with Gasteiger partial charge in [0.25, 0.3) is 0 Å². The molecule has 19 heavy (non-hydrogen) atoms. The minimum atomic E-state index is -4.79. The molecule has 1 N–H and O–H groups in total. The highest BCUT2D eigenvalue weighted by Crippen LogP contribution is 2.38. The molecule has 0 atom stereocenters. The Balaban J connectivity index is 3.32. The van der Waals surface area contributed by atoms with Gasteiger partial charge in [-0.25, -0.2) is 4.39 Å². The number of nitriles is 2. The second-order valence-corrected chi connectivity index (χ2v) is 3.39. The van der Waals surface area contributed by atoms with Crippen molar-refractivity contribution < 1.29 is 17.6 Å². The maximum Gasteiger partial charge on any atom is 0.418 e. The monoisotopic (exact) mass is 270 g/mol. The predicted molar refractivity (Wildman–Crippen MR) is 58.4 cm³/mol. The summed E-state index contributed by atoms with van der Waals surface area (Å²) >= 11 is 0. The number of hydrogen-bond acceptors (Lipinski definition) is 4. The molecule has 0 fully saturated rings. The fourth-order valence-electron chi connectivity index (χ4n) is 1.34. The summed E-state index contributed by atoms with van der Waals surface area (Å²) in [6.07, 6.45) is -4.79. The van der Waals surface area contributed by atoms with Crippen LogP contribution in [-0.2, 0) is 6.18 Å². The number of alkyl halides is 3. The number of hydrazone groups is 1.